The summed E-state index contributed by atoms with van der Waals surface area (Å²) < 4.78 is 68.6. The van der Waals surface area contributed by atoms with Crippen LogP contribution in [-0.2, 0) is 32.2 Å². The molecule has 0 unspecified atom stereocenters. The minimum absolute atomic E-state index is 0.0767. The smallest absolute Gasteiger partial charge is 0.416 e. The number of piperidine rings is 1. The molecule has 5 nitrogen and oxygen atoms in total. The summed E-state index contributed by atoms with van der Waals surface area (Å²) in [5.74, 6) is -0.495. The molecule has 1 fully saturated rings. The average Bonchev–Trinajstić information content (AvgIpc) is 2.54. The topological polar surface area (TPSA) is 63.7 Å². The van der Waals surface area contributed by atoms with Crippen molar-refractivity contribution in [3.63, 3.8) is 0 Å². The van der Waals surface area contributed by atoms with Crippen molar-refractivity contribution in [1.82, 2.24) is 4.31 Å². The predicted octanol–water partition coefficient (Wildman–Crippen LogP) is 2.85. The van der Waals surface area contributed by atoms with Crippen molar-refractivity contribution >= 4 is 16.0 Å². The van der Waals surface area contributed by atoms with Gasteiger partial charge in [0.25, 0.3) is 0 Å². The second-order valence-corrected chi connectivity index (χ2v) is 8.52. The van der Waals surface area contributed by atoms with Gasteiger partial charge in [0.1, 0.15) is 0 Å². The number of ether oxygens (including phenoxy) is 1. The largest absolute Gasteiger partial charge is 0.466 e. The van der Waals surface area contributed by atoms with Gasteiger partial charge in [-0.3, -0.25) is 4.79 Å². The van der Waals surface area contributed by atoms with E-state index in [-0.39, 0.29) is 39.0 Å². The van der Waals surface area contributed by atoms with E-state index in [0.717, 1.165) is 18.4 Å². The van der Waals surface area contributed by atoms with Crippen LogP contribution in [-0.4, -0.2) is 44.6 Å². The van der Waals surface area contributed by atoms with Gasteiger partial charge >= 0.3 is 12.1 Å². The third-order valence-electron chi connectivity index (χ3n) is 4.65. The first-order valence-electron chi connectivity index (χ1n) is 8.26. The second kappa shape index (κ2) is 7.56. The number of hydrogen-bond donors (Lipinski definition) is 0. The molecule has 0 saturated carbocycles. The molecule has 9 heteroatoms. The summed E-state index contributed by atoms with van der Waals surface area (Å²) in [6, 6.07) is 4.86. The van der Waals surface area contributed by atoms with E-state index in [1.54, 1.807) is 13.0 Å². The lowest BCUT2D eigenvalue weighted by Gasteiger charge is -2.39. The van der Waals surface area contributed by atoms with Crippen LogP contribution < -0.4 is 0 Å². The SMILES string of the molecule is CCOC(=O)C1(Cc2cccc(C(F)(F)F)c2)CCN(S(C)(=O)=O)CC1. The van der Waals surface area contributed by atoms with E-state index >= 15 is 0 Å². The highest BCUT2D eigenvalue weighted by molar-refractivity contribution is 7.88. The van der Waals surface area contributed by atoms with Gasteiger partial charge in [0.15, 0.2) is 0 Å². The summed E-state index contributed by atoms with van der Waals surface area (Å²) in [6.07, 6.45) is -2.89. The zero-order valence-corrected chi connectivity index (χ0v) is 15.5. The molecule has 146 valence electrons. The van der Waals surface area contributed by atoms with Crippen molar-refractivity contribution < 1.29 is 31.1 Å². The molecule has 26 heavy (non-hydrogen) atoms. The molecule has 0 amide bonds. The highest BCUT2D eigenvalue weighted by atomic mass is 32.2. The summed E-state index contributed by atoms with van der Waals surface area (Å²) in [7, 11) is -3.38. The molecule has 1 aliphatic heterocycles. The van der Waals surface area contributed by atoms with Gasteiger partial charge in [0.2, 0.25) is 10.0 Å². The Balaban J connectivity index is 2.29. The molecule has 0 radical (unpaired) electrons. The lowest BCUT2D eigenvalue weighted by Crippen LogP contribution is -2.48. The van der Waals surface area contributed by atoms with Crippen LogP contribution in [0.25, 0.3) is 0 Å². The van der Waals surface area contributed by atoms with Gasteiger partial charge in [-0.2, -0.15) is 13.2 Å². The predicted molar refractivity (Wildman–Crippen MR) is 89.9 cm³/mol. The van der Waals surface area contributed by atoms with Crippen molar-refractivity contribution in [1.29, 1.82) is 0 Å². The molecular weight excluding hydrogens is 371 g/mol. The van der Waals surface area contributed by atoms with Crippen LogP contribution in [0.5, 0.6) is 0 Å². The lowest BCUT2D eigenvalue weighted by molar-refractivity contribution is -0.158. The van der Waals surface area contributed by atoms with Crippen LogP contribution in [0.4, 0.5) is 13.2 Å². The quantitative estimate of drug-likeness (QED) is 0.722. The molecule has 1 saturated heterocycles. The van der Waals surface area contributed by atoms with Crippen LogP contribution in [0.1, 0.15) is 30.9 Å². The van der Waals surface area contributed by atoms with Gasteiger partial charge in [0, 0.05) is 13.1 Å². The van der Waals surface area contributed by atoms with E-state index in [4.69, 9.17) is 4.74 Å². The Labute approximate surface area is 151 Å². The number of nitrogens with zero attached hydrogens (tertiary/aromatic N) is 1. The molecule has 1 aliphatic rings. The number of alkyl halides is 3. The molecular formula is C17H22F3NO4S. The van der Waals surface area contributed by atoms with Gasteiger partial charge in [0.05, 0.1) is 23.8 Å². The Kier molecular flexibility index (Phi) is 6.02. The zero-order chi connectivity index (χ0) is 19.6. The van der Waals surface area contributed by atoms with E-state index in [1.807, 2.05) is 0 Å². The minimum atomic E-state index is -4.47. The van der Waals surface area contributed by atoms with E-state index in [0.29, 0.717) is 5.56 Å². The van der Waals surface area contributed by atoms with Gasteiger partial charge in [-0.05, 0) is 37.8 Å². The van der Waals surface area contributed by atoms with E-state index in [9.17, 15) is 26.4 Å². The fraction of sp³-hybridized carbons (Fsp3) is 0.588. The number of halogens is 3. The summed E-state index contributed by atoms with van der Waals surface area (Å²) in [4.78, 5) is 12.6. The highest BCUT2D eigenvalue weighted by Crippen LogP contribution is 2.38. The molecule has 0 atom stereocenters. The highest BCUT2D eigenvalue weighted by Gasteiger charge is 2.44. The normalized spacial score (nSPS) is 18.5. The van der Waals surface area contributed by atoms with Crippen molar-refractivity contribution in [2.24, 2.45) is 5.41 Å². The first-order valence-corrected chi connectivity index (χ1v) is 10.1. The Morgan fingerprint density at radius 1 is 1.27 bits per heavy atom. The zero-order valence-electron chi connectivity index (χ0n) is 14.7. The number of rotatable bonds is 5. The molecule has 0 spiro atoms. The Morgan fingerprint density at radius 3 is 2.38 bits per heavy atom. The number of esters is 1. The van der Waals surface area contributed by atoms with E-state index in [2.05, 4.69) is 0 Å². The first kappa shape index (κ1) is 20.7. The molecule has 2 rings (SSSR count). The van der Waals surface area contributed by atoms with Crippen LogP contribution in [0.3, 0.4) is 0 Å². The summed E-state index contributed by atoms with van der Waals surface area (Å²) in [6.45, 7) is 2.08. The lowest BCUT2D eigenvalue weighted by atomic mass is 9.74. The molecule has 0 bridgehead atoms. The number of carbonyl (C=O) groups excluding carboxylic acids is 1. The van der Waals surface area contributed by atoms with Gasteiger partial charge in [-0.25, -0.2) is 12.7 Å². The first-order chi connectivity index (χ1) is 12.0. The maximum atomic E-state index is 12.9. The van der Waals surface area contributed by atoms with E-state index in [1.165, 1.54) is 10.4 Å². The Hall–Kier alpha value is -1.61. The van der Waals surface area contributed by atoms with Gasteiger partial charge in [-0.15, -0.1) is 0 Å². The van der Waals surface area contributed by atoms with Crippen molar-refractivity contribution in [3.05, 3.63) is 35.4 Å². The molecule has 1 aromatic carbocycles. The number of benzene rings is 1. The van der Waals surface area contributed by atoms with Gasteiger partial charge < -0.3 is 4.74 Å². The minimum Gasteiger partial charge on any atom is -0.466 e. The number of carbonyl (C=O) groups is 1. The van der Waals surface area contributed by atoms with Crippen LogP contribution in [0.2, 0.25) is 0 Å². The average molecular weight is 393 g/mol. The second-order valence-electron chi connectivity index (χ2n) is 6.54. The third-order valence-corrected chi connectivity index (χ3v) is 5.96. The maximum absolute atomic E-state index is 12.9. The van der Waals surface area contributed by atoms with Crippen LogP contribution >= 0.6 is 0 Å². The Bertz CT molecular complexity index is 754. The molecule has 0 aromatic heterocycles. The van der Waals surface area contributed by atoms with Crippen LogP contribution in [0.15, 0.2) is 24.3 Å². The van der Waals surface area contributed by atoms with Crippen molar-refractivity contribution in [2.45, 2.75) is 32.4 Å². The standard InChI is InChI=1S/C17H22F3NO4S/c1-3-25-15(22)16(7-9-21(10-8-16)26(2,23)24)12-13-5-4-6-14(11-13)17(18,19)20/h4-6,11H,3,7-10,12H2,1-2H3. The fourth-order valence-corrected chi connectivity index (χ4v) is 4.08. The summed E-state index contributed by atoms with van der Waals surface area (Å²) in [5.41, 5.74) is -1.43. The molecule has 0 aliphatic carbocycles. The van der Waals surface area contributed by atoms with Crippen LogP contribution in [0, 0.1) is 5.41 Å². The Morgan fingerprint density at radius 2 is 1.88 bits per heavy atom. The number of sulfonamides is 1. The third kappa shape index (κ3) is 4.76. The van der Waals surface area contributed by atoms with Gasteiger partial charge in [-0.1, -0.05) is 18.2 Å². The maximum Gasteiger partial charge on any atom is 0.416 e. The summed E-state index contributed by atoms with van der Waals surface area (Å²) >= 11 is 0. The molecule has 0 N–H and O–H groups in total. The molecule has 1 heterocycles. The monoisotopic (exact) mass is 393 g/mol. The molecule has 1 aromatic rings. The number of hydrogen-bond acceptors (Lipinski definition) is 4. The summed E-state index contributed by atoms with van der Waals surface area (Å²) in [5, 5.41) is 0. The van der Waals surface area contributed by atoms with Crippen molar-refractivity contribution in [3.8, 4) is 0 Å². The fourth-order valence-electron chi connectivity index (χ4n) is 3.23. The van der Waals surface area contributed by atoms with E-state index < -0.39 is 33.1 Å². The van der Waals surface area contributed by atoms with Crippen molar-refractivity contribution in [2.75, 3.05) is 26.0 Å².